The van der Waals surface area contributed by atoms with Crippen molar-refractivity contribution in [3.05, 3.63) is 58.6 Å². The van der Waals surface area contributed by atoms with Crippen molar-refractivity contribution in [1.29, 1.82) is 0 Å². The lowest BCUT2D eigenvalue weighted by molar-refractivity contribution is 0.0228. The van der Waals surface area contributed by atoms with Crippen LogP contribution >= 0.6 is 0 Å². The van der Waals surface area contributed by atoms with Crippen molar-refractivity contribution in [2.45, 2.75) is 70.9 Å². The van der Waals surface area contributed by atoms with E-state index in [-0.39, 0.29) is 25.7 Å². The minimum Gasteiger partial charge on any atom is -0.465 e. The normalized spacial score (nSPS) is 12.3. The Morgan fingerprint density at radius 3 is 2.32 bits per heavy atom. The number of aliphatic hydroxyl groups is 1. The highest BCUT2D eigenvalue weighted by atomic mass is 28.3. The lowest BCUT2D eigenvalue weighted by Gasteiger charge is -2.17. The van der Waals surface area contributed by atoms with E-state index < -0.39 is 16.1 Å². The average molecular weight is 557 g/mol. The molecule has 0 saturated heterocycles. The summed E-state index contributed by atoms with van der Waals surface area (Å²) in [6.45, 7) is 15.5. The number of aromatic nitrogens is 2. The second-order valence-electron chi connectivity index (χ2n) is 12.2. The zero-order valence-electron chi connectivity index (χ0n) is 23.9. The molecule has 0 saturated carbocycles. The lowest BCUT2D eigenvalue weighted by Crippen LogP contribution is -2.25. The van der Waals surface area contributed by atoms with Gasteiger partial charge in [0, 0.05) is 36.0 Å². The predicted molar refractivity (Wildman–Crippen MR) is 161 cm³/mol. The van der Waals surface area contributed by atoms with Crippen LogP contribution in [0.25, 0.3) is 22.0 Å². The Labute approximate surface area is 228 Å². The molecule has 0 radical (unpaired) electrons. The molecular weight excluding hydrogens is 513 g/mol. The zero-order valence-corrected chi connectivity index (χ0v) is 25.9. The van der Waals surface area contributed by atoms with E-state index in [1.54, 1.807) is 0 Å². The minimum atomic E-state index is -1.22. The highest BCUT2D eigenvalue weighted by Gasteiger charge is 2.17. The summed E-state index contributed by atoms with van der Waals surface area (Å²) in [5, 5.41) is 9.85. The van der Waals surface area contributed by atoms with Crippen LogP contribution in [0.5, 0.6) is 5.75 Å². The molecule has 208 valence electrons. The summed E-state index contributed by atoms with van der Waals surface area (Å²) >= 11 is 0. The Morgan fingerprint density at radius 2 is 1.63 bits per heavy atom. The molecule has 3 aromatic rings. The van der Waals surface area contributed by atoms with Crippen molar-refractivity contribution in [3.8, 4) is 16.9 Å². The number of hydrogen-bond donors (Lipinski definition) is 1. The van der Waals surface area contributed by atoms with Crippen LogP contribution in [0, 0.1) is 0 Å². The van der Waals surface area contributed by atoms with Gasteiger partial charge in [-0.3, -0.25) is 9.36 Å². The second kappa shape index (κ2) is 13.7. The van der Waals surface area contributed by atoms with Crippen molar-refractivity contribution in [2.24, 2.45) is 0 Å². The van der Waals surface area contributed by atoms with Crippen LogP contribution in [0.15, 0.2) is 47.5 Å². The zero-order chi connectivity index (χ0) is 27.8. The van der Waals surface area contributed by atoms with Gasteiger partial charge in [0.25, 0.3) is 5.56 Å². The number of aryl methyl sites for hydroxylation is 1. The van der Waals surface area contributed by atoms with Crippen molar-refractivity contribution in [3.63, 3.8) is 0 Å². The molecule has 3 rings (SSSR count). The third kappa shape index (κ3) is 9.16. The first kappa shape index (κ1) is 30.2. The van der Waals surface area contributed by atoms with Gasteiger partial charge in [-0.25, -0.2) is 4.98 Å². The van der Waals surface area contributed by atoms with Crippen molar-refractivity contribution in [2.75, 3.05) is 26.6 Å². The van der Waals surface area contributed by atoms with Gasteiger partial charge < -0.3 is 19.3 Å². The van der Waals surface area contributed by atoms with E-state index in [1.165, 1.54) is 10.9 Å². The number of aliphatic hydroxyl groups excluding tert-OH is 1. The molecule has 2 aromatic carbocycles. The molecule has 0 aliphatic heterocycles. The van der Waals surface area contributed by atoms with Gasteiger partial charge in [-0.05, 0) is 53.8 Å². The maximum Gasteiger partial charge on any atom is 0.263 e. The molecule has 0 amide bonds. The molecule has 0 fully saturated rings. The van der Waals surface area contributed by atoms with E-state index in [0.717, 1.165) is 35.2 Å². The fourth-order valence-electron chi connectivity index (χ4n) is 3.97. The molecule has 0 atom stereocenters. The Kier molecular flexibility index (Phi) is 10.9. The highest BCUT2D eigenvalue weighted by Crippen LogP contribution is 2.32. The molecule has 0 aliphatic carbocycles. The predicted octanol–water partition coefficient (Wildman–Crippen LogP) is 5.99. The standard InChI is InChI=1S/C29H44N2O5Si2/c1-37(2,3)16-14-34-21-31-20-30-28-26(29(31)33)18-24(25-12-8-7-10-23(25)11-9-13-32)19-27(28)36-22-35-15-17-38(4,5)6/h7-8,10,12,18-20,32H,9,11,13-17,21-22H2,1-6H3. The molecule has 1 N–H and O–H groups in total. The van der Waals surface area contributed by atoms with Crippen LogP contribution in [0.3, 0.4) is 0 Å². The summed E-state index contributed by atoms with van der Waals surface area (Å²) in [5.41, 5.74) is 3.34. The van der Waals surface area contributed by atoms with E-state index in [0.29, 0.717) is 36.3 Å². The fourth-order valence-corrected chi connectivity index (χ4v) is 5.48. The van der Waals surface area contributed by atoms with E-state index >= 15 is 0 Å². The van der Waals surface area contributed by atoms with Gasteiger partial charge in [-0.2, -0.15) is 0 Å². The first-order chi connectivity index (χ1) is 18.0. The van der Waals surface area contributed by atoms with Crippen LogP contribution < -0.4 is 10.3 Å². The third-order valence-corrected chi connectivity index (χ3v) is 9.75. The monoisotopic (exact) mass is 556 g/mol. The maximum atomic E-state index is 13.5. The Morgan fingerprint density at radius 1 is 0.947 bits per heavy atom. The average Bonchev–Trinajstić information content (AvgIpc) is 2.85. The maximum absolute atomic E-state index is 13.5. The Balaban J connectivity index is 1.94. The van der Waals surface area contributed by atoms with Crippen LogP contribution in [-0.2, 0) is 22.6 Å². The first-order valence-electron chi connectivity index (χ1n) is 13.5. The summed E-state index contributed by atoms with van der Waals surface area (Å²) in [5.74, 6) is 0.520. The smallest absolute Gasteiger partial charge is 0.263 e. The molecular formula is C29H44N2O5Si2. The van der Waals surface area contributed by atoms with Gasteiger partial charge in [-0.1, -0.05) is 63.5 Å². The van der Waals surface area contributed by atoms with Gasteiger partial charge in [-0.15, -0.1) is 0 Å². The topological polar surface area (TPSA) is 82.8 Å². The highest BCUT2D eigenvalue weighted by molar-refractivity contribution is 6.76. The van der Waals surface area contributed by atoms with E-state index in [2.05, 4.69) is 50.3 Å². The number of hydrogen-bond acceptors (Lipinski definition) is 6. The summed E-state index contributed by atoms with van der Waals surface area (Å²) in [6, 6.07) is 14.0. The van der Waals surface area contributed by atoms with Gasteiger partial charge in [0.1, 0.15) is 24.3 Å². The van der Waals surface area contributed by atoms with Gasteiger partial charge in [0.15, 0.2) is 6.79 Å². The molecule has 1 heterocycles. The summed E-state index contributed by atoms with van der Waals surface area (Å²) < 4.78 is 19.2. The van der Waals surface area contributed by atoms with Crippen LogP contribution in [0.4, 0.5) is 0 Å². The molecule has 38 heavy (non-hydrogen) atoms. The largest absolute Gasteiger partial charge is 0.465 e. The molecule has 9 heteroatoms. The SMILES string of the molecule is C[Si](C)(C)CCOCOc1cc(-c2ccccc2CCCO)cc2c(=O)n(COCC[Si](C)(C)C)cnc12. The summed E-state index contributed by atoms with van der Waals surface area (Å²) in [6.07, 6.45) is 2.94. The third-order valence-electron chi connectivity index (χ3n) is 6.35. The first-order valence-corrected chi connectivity index (χ1v) is 20.9. The van der Waals surface area contributed by atoms with Crippen molar-refractivity contribution >= 4 is 27.1 Å². The minimum absolute atomic E-state index is 0.0970. The van der Waals surface area contributed by atoms with E-state index in [9.17, 15) is 9.90 Å². The number of benzene rings is 2. The summed E-state index contributed by atoms with van der Waals surface area (Å²) in [4.78, 5) is 18.1. The number of ether oxygens (including phenoxy) is 3. The van der Waals surface area contributed by atoms with E-state index in [1.807, 2.05) is 30.3 Å². The number of nitrogens with zero attached hydrogens (tertiary/aromatic N) is 2. The van der Waals surface area contributed by atoms with Gasteiger partial charge >= 0.3 is 0 Å². The molecule has 0 spiro atoms. The van der Waals surface area contributed by atoms with Crippen LogP contribution in [0.1, 0.15) is 12.0 Å². The second-order valence-corrected chi connectivity index (χ2v) is 23.4. The molecule has 0 aliphatic rings. The number of fused-ring (bicyclic) bond motifs is 1. The molecule has 1 aromatic heterocycles. The lowest BCUT2D eigenvalue weighted by atomic mass is 9.95. The molecule has 0 bridgehead atoms. The van der Waals surface area contributed by atoms with E-state index in [4.69, 9.17) is 14.2 Å². The molecule has 0 unspecified atom stereocenters. The molecule has 7 nitrogen and oxygen atoms in total. The van der Waals surface area contributed by atoms with Gasteiger partial charge in [0.2, 0.25) is 0 Å². The fraction of sp³-hybridized carbons (Fsp3) is 0.517. The number of rotatable bonds is 15. The summed E-state index contributed by atoms with van der Waals surface area (Å²) in [7, 11) is -2.42. The van der Waals surface area contributed by atoms with Crippen molar-refractivity contribution in [1.82, 2.24) is 9.55 Å². The van der Waals surface area contributed by atoms with Crippen LogP contribution in [0.2, 0.25) is 51.4 Å². The van der Waals surface area contributed by atoms with Crippen LogP contribution in [-0.4, -0.2) is 57.4 Å². The van der Waals surface area contributed by atoms with Crippen molar-refractivity contribution < 1.29 is 19.3 Å². The van der Waals surface area contributed by atoms with Gasteiger partial charge in [0.05, 0.1) is 5.39 Å². The quantitative estimate of drug-likeness (QED) is 0.141. The Bertz CT molecular complexity index is 1250. The Hall–Kier alpha value is -2.31.